The molecule has 0 saturated carbocycles. The first-order valence-corrected chi connectivity index (χ1v) is 9.37. The number of rotatable bonds is 3. The molecular weight excluding hydrogens is 412 g/mol. The fourth-order valence-electron chi connectivity index (χ4n) is 3.11. The highest BCUT2D eigenvalue weighted by atomic mass is 32.1. The number of nitrogens with zero attached hydrogens (tertiary/aromatic N) is 2. The first kappa shape index (κ1) is 20.0. The molecule has 0 aliphatic carbocycles. The summed E-state index contributed by atoms with van der Waals surface area (Å²) in [6.45, 7) is 0. The Morgan fingerprint density at radius 2 is 1.60 bits per heavy atom. The van der Waals surface area contributed by atoms with Crippen molar-refractivity contribution in [2.45, 2.75) is 6.18 Å². The van der Waals surface area contributed by atoms with Gasteiger partial charge in [0, 0.05) is 16.6 Å². The number of hydrogen-bond donors (Lipinski definition) is 0. The summed E-state index contributed by atoms with van der Waals surface area (Å²) in [4.78, 5) is 4.55. The molecule has 0 spiro atoms. The van der Waals surface area contributed by atoms with Crippen LogP contribution in [0.1, 0.15) is 17.0 Å². The van der Waals surface area contributed by atoms with Crippen LogP contribution < -0.4 is 0 Å². The number of para-hydroxylation sites is 1. The maximum absolute atomic E-state index is 14.0. The summed E-state index contributed by atoms with van der Waals surface area (Å²) in [5, 5.41) is 0.632. The zero-order chi connectivity index (χ0) is 21.3. The molecule has 1 aromatic heterocycles. The van der Waals surface area contributed by atoms with Crippen molar-refractivity contribution < 1.29 is 17.6 Å². The average molecular weight is 426 g/mol. The predicted octanol–water partition coefficient (Wildman–Crippen LogP) is 7.08. The van der Waals surface area contributed by atoms with Gasteiger partial charge in [-0.2, -0.15) is 13.2 Å². The zero-order valence-corrected chi connectivity index (χ0v) is 16.2. The van der Waals surface area contributed by atoms with Gasteiger partial charge in [0.1, 0.15) is 16.3 Å². The molecule has 4 aromatic rings. The summed E-state index contributed by atoms with van der Waals surface area (Å²) < 4.78 is 55.5. The molecular formula is C23H14F4N2S. The van der Waals surface area contributed by atoms with Crippen LogP contribution in [-0.2, 0) is 6.18 Å². The quantitative estimate of drug-likeness (QED) is 0.257. The Hall–Kier alpha value is -3.32. The fraction of sp³-hybridized carbons (Fsp3) is 0.0435. The van der Waals surface area contributed by atoms with Gasteiger partial charge in [-0.25, -0.2) is 9.37 Å². The summed E-state index contributed by atoms with van der Waals surface area (Å²) in [6.07, 6.45) is -1.43. The molecule has 0 fully saturated rings. The first-order valence-electron chi connectivity index (χ1n) is 8.96. The monoisotopic (exact) mass is 426 g/mol. The molecule has 0 aliphatic rings. The molecule has 150 valence electrons. The van der Waals surface area contributed by atoms with E-state index in [4.69, 9.17) is 12.2 Å². The number of benzene rings is 3. The molecule has 3 aromatic carbocycles. The minimum Gasteiger partial charge on any atom is -0.285 e. The molecule has 30 heavy (non-hydrogen) atoms. The van der Waals surface area contributed by atoms with Crippen LogP contribution in [0.2, 0.25) is 0 Å². The van der Waals surface area contributed by atoms with Gasteiger partial charge in [0.2, 0.25) is 0 Å². The fourth-order valence-corrected chi connectivity index (χ4v) is 3.48. The summed E-state index contributed by atoms with van der Waals surface area (Å²) in [6, 6.07) is 18.2. The summed E-state index contributed by atoms with van der Waals surface area (Å²) in [7, 11) is 0. The minimum atomic E-state index is -4.49. The molecule has 0 N–H and O–H groups in total. The van der Waals surface area contributed by atoms with Crippen LogP contribution in [0.5, 0.6) is 0 Å². The summed E-state index contributed by atoms with van der Waals surface area (Å²) >= 11 is 5.59. The lowest BCUT2D eigenvalue weighted by molar-refractivity contribution is -0.137. The van der Waals surface area contributed by atoms with Gasteiger partial charge in [0.05, 0.1) is 11.1 Å². The molecule has 0 unspecified atom stereocenters. The molecule has 0 radical (unpaired) electrons. The van der Waals surface area contributed by atoms with Crippen molar-refractivity contribution in [3.05, 3.63) is 100 Å². The SMILES string of the molecule is Fc1ccccc1C=Cc1nc2ccccc2c(=S)n1-c1cccc(C(F)(F)F)c1. The van der Waals surface area contributed by atoms with Gasteiger partial charge in [-0.3, -0.25) is 4.57 Å². The second-order valence-electron chi connectivity index (χ2n) is 6.53. The third-order valence-electron chi connectivity index (χ3n) is 4.55. The van der Waals surface area contributed by atoms with Crippen molar-refractivity contribution in [3.8, 4) is 5.69 Å². The average Bonchev–Trinajstić information content (AvgIpc) is 2.73. The van der Waals surface area contributed by atoms with E-state index in [0.29, 0.717) is 26.9 Å². The van der Waals surface area contributed by atoms with Crippen molar-refractivity contribution >= 4 is 35.3 Å². The van der Waals surface area contributed by atoms with E-state index in [2.05, 4.69) is 4.98 Å². The number of hydrogen-bond acceptors (Lipinski definition) is 2. The maximum atomic E-state index is 14.0. The normalized spacial score (nSPS) is 12.0. The van der Waals surface area contributed by atoms with E-state index in [1.807, 2.05) is 0 Å². The van der Waals surface area contributed by atoms with Crippen LogP contribution >= 0.6 is 12.2 Å². The molecule has 7 heteroatoms. The number of alkyl halides is 3. The number of aromatic nitrogens is 2. The molecule has 0 bridgehead atoms. The largest absolute Gasteiger partial charge is 0.416 e. The second-order valence-corrected chi connectivity index (χ2v) is 6.92. The van der Waals surface area contributed by atoms with Crippen molar-refractivity contribution in [1.29, 1.82) is 0 Å². The Balaban J connectivity index is 1.96. The zero-order valence-electron chi connectivity index (χ0n) is 15.4. The molecule has 4 rings (SSSR count). The van der Waals surface area contributed by atoms with Gasteiger partial charge in [-0.15, -0.1) is 0 Å². The van der Waals surface area contributed by atoms with E-state index >= 15 is 0 Å². The molecule has 1 heterocycles. The van der Waals surface area contributed by atoms with Crippen LogP contribution in [0.4, 0.5) is 17.6 Å². The lowest BCUT2D eigenvalue weighted by Gasteiger charge is -2.15. The number of halogens is 4. The Kier molecular flexibility index (Phi) is 5.22. The van der Waals surface area contributed by atoms with Gasteiger partial charge < -0.3 is 0 Å². The van der Waals surface area contributed by atoms with E-state index < -0.39 is 17.6 Å². The van der Waals surface area contributed by atoms with Gasteiger partial charge in [-0.05, 0) is 48.6 Å². The molecule has 2 nitrogen and oxygen atoms in total. The van der Waals surface area contributed by atoms with Crippen molar-refractivity contribution in [2.75, 3.05) is 0 Å². The highest BCUT2D eigenvalue weighted by molar-refractivity contribution is 7.71. The lowest BCUT2D eigenvalue weighted by Crippen LogP contribution is -2.09. The second kappa shape index (κ2) is 7.84. The van der Waals surface area contributed by atoms with Gasteiger partial charge in [-0.1, -0.05) is 48.6 Å². The topological polar surface area (TPSA) is 17.8 Å². The highest BCUT2D eigenvalue weighted by Crippen LogP contribution is 2.31. The van der Waals surface area contributed by atoms with Crippen LogP contribution in [0.15, 0.2) is 72.8 Å². The Morgan fingerprint density at radius 3 is 2.37 bits per heavy atom. The molecule has 0 saturated heterocycles. The van der Waals surface area contributed by atoms with Gasteiger partial charge >= 0.3 is 6.18 Å². The molecule has 0 amide bonds. The molecule has 0 aliphatic heterocycles. The Bertz CT molecular complexity index is 1320. The minimum absolute atomic E-state index is 0.223. The first-order chi connectivity index (χ1) is 14.3. The van der Waals surface area contributed by atoms with Crippen LogP contribution in [0, 0.1) is 10.5 Å². The van der Waals surface area contributed by atoms with Crippen molar-refractivity contribution in [3.63, 3.8) is 0 Å². The summed E-state index contributed by atoms with van der Waals surface area (Å²) in [5.41, 5.74) is 0.355. The van der Waals surface area contributed by atoms with E-state index in [9.17, 15) is 17.6 Å². The van der Waals surface area contributed by atoms with Gasteiger partial charge in [0.15, 0.2) is 0 Å². The molecule has 0 atom stereocenters. The van der Waals surface area contributed by atoms with Crippen LogP contribution in [0.25, 0.3) is 28.7 Å². The third-order valence-corrected chi connectivity index (χ3v) is 4.95. The Labute approximate surface area is 174 Å². The Morgan fingerprint density at radius 1 is 0.867 bits per heavy atom. The van der Waals surface area contributed by atoms with Crippen LogP contribution in [-0.4, -0.2) is 9.55 Å². The van der Waals surface area contributed by atoms with E-state index in [1.165, 1.54) is 28.8 Å². The van der Waals surface area contributed by atoms with Crippen LogP contribution in [0.3, 0.4) is 0 Å². The standard InChI is InChI=1S/C23H14F4N2S/c24-19-10-3-1-6-15(19)12-13-21-28-20-11-4-2-9-18(20)22(30)29(21)17-8-5-7-16(14-17)23(25,26)27/h1-14H. The predicted molar refractivity (Wildman–Crippen MR) is 112 cm³/mol. The maximum Gasteiger partial charge on any atom is 0.416 e. The van der Waals surface area contributed by atoms with E-state index in [1.54, 1.807) is 48.5 Å². The van der Waals surface area contributed by atoms with Crippen molar-refractivity contribution in [2.24, 2.45) is 0 Å². The highest BCUT2D eigenvalue weighted by Gasteiger charge is 2.30. The van der Waals surface area contributed by atoms with E-state index in [-0.39, 0.29) is 5.69 Å². The smallest absolute Gasteiger partial charge is 0.285 e. The van der Waals surface area contributed by atoms with E-state index in [0.717, 1.165) is 12.1 Å². The summed E-state index contributed by atoms with van der Waals surface area (Å²) in [5.74, 6) is -0.125. The third kappa shape index (κ3) is 3.89. The van der Waals surface area contributed by atoms with Gasteiger partial charge in [0.25, 0.3) is 0 Å². The lowest BCUT2D eigenvalue weighted by atomic mass is 10.1. The van der Waals surface area contributed by atoms with Crippen molar-refractivity contribution in [1.82, 2.24) is 9.55 Å². The number of fused-ring (bicyclic) bond motifs is 1.